The summed E-state index contributed by atoms with van der Waals surface area (Å²) in [6.07, 6.45) is 0. The van der Waals surface area contributed by atoms with E-state index >= 15 is 0 Å². The van der Waals surface area contributed by atoms with Crippen molar-refractivity contribution in [2.45, 2.75) is 0 Å². The number of hydrogen-bond donors (Lipinski definition) is 0. The molecule has 0 atom stereocenters. The average Bonchev–Trinajstić information content (AvgIpc) is 3.83. The van der Waals surface area contributed by atoms with E-state index in [1.54, 1.807) is 0 Å². The zero-order chi connectivity index (χ0) is 47.1. The smallest absolute Gasteiger partial charge is 0.137 e. The third-order valence-electron chi connectivity index (χ3n) is 13.8. The van der Waals surface area contributed by atoms with Gasteiger partial charge in [0.25, 0.3) is 0 Å². The quantitative estimate of drug-likeness (QED) is 0.136. The summed E-state index contributed by atoms with van der Waals surface area (Å²) in [6.45, 7) is 0. The zero-order valence-electron chi connectivity index (χ0n) is 38.9. The SMILES string of the molecule is c1ccc(-c2ccc(N(c3cccc(-c4cccc(N(c5ccc(-c6ccccc6)cc5)c5ccc6c(c5)oc5ccc7ccccc7c56)c4)c3)c3cccc(-c4cccc5ccccc45)c3)cc2)cc1. The summed E-state index contributed by atoms with van der Waals surface area (Å²) >= 11 is 0. The molecule has 0 N–H and O–H groups in total. The first kappa shape index (κ1) is 41.7. The van der Waals surface area contributed by atoms with Crippen molar-refractivity contribution in [3.8, 4) is 44.5 Å². The maximum atomic E-state index is 6.65. The number of benzene rings is 12. The van der Waals surface area contributed by atoms with Crippen LogP contribution in [0.3, 0.4) is 0 Å². The highest BCUT2D eigenvalue weighted by Crippen LogP contribution is 2.44. The van der Waals surface area contributed by atoms with Gasteiger partial charge in [-0.3, -0.25) is 0 Å². The molecule has 0 amide bonds. The Morgan fingerprint density at radius 3 is 1.24 bits per heavy atom. The molecule has 0 bridgehead atoms. The van der Waals surface area contributed by atoms with Crippen molar-refractivity contribution in [3.05, 3.63) is 279 Å². The Kier molecular flexibility index (Phi) is 10.5. The summed E-state index contributed by atoms with van der Waals surface area (Å²) in [5.41, 5.74) is 17.4. The van der Waals surface area contributed by atoms with Crippen molar-refractivity contribution >= 4 is 77.6 Å². The standard InChI is InChI=1S/C68H46N2O/c1-3-15-47(16-4-1)49-31-36-56(37-32-49)69(60-27-13-24-55(45-60)63-30-14-21-51-19-7-9-28-62(51)63)58-25-11-22-53(43-58)54-23-12-26-59(44-54)70(57-38-33-50(34-39-57)48-17-5-2-6-18-48)61-40-41-65-67(46-61)71-66-42-35-52-20-8-10-29-64(52)68(65)66/h1-46H. The maximum Gasteiger partial charge on any atom is 0.137 e. The van der Waals surface area contributed by atoms with E-state index in [0.717, 1.165) is 67.2 Å². The minimum Gasteiger partial charge on any atom is -0.456 e. The van der Waals surface area contributed by atoms with Gasteiger partial charge in [0.15, 0.2) is 0 Å². The Balaban J connectivity index is 0.923. The number of fused-ring (bicyclic) bond motifs is 6. The van der Waals surface area contributed by atoms with Gasteiger partial charge in [-0.25, -0.2) is 0 Å². The van der Waals surface area contributed by atoms with Gasteiger partial charge in [-0.2, -0.15) is 0 Å². The van der Waals surface area contributed by atoms with Crippen molar-refractivity contribution in [3.63, 3.8) is 0 Å². The van der Waals surface area contributed by atoms with E-state index < -0.39 is 0 Å². The largest absolute Gasteiger partial charge is 0.456 e. The summed E-state index contributed by atoms with van der Waals surface area (Å²) in [5.74, 6) is 0. The second kappa shape index (κ2) is 17.9. The lowest BCUT2D eigenvalue weighted by Crippen LogP contribution is -2.10. The molecular formula is C68H46N2O. The summed E-state index contributed by atoms with van der Waals surface area (Å²) in [6, 6.07) is 100. The van der Waals surface area contributed by atoms with Gasteiger partial charge in [-0.05, 0) is 145 Å². The number of furan rings is 1. The number of rotatable bonds is 10. The van der Waals surface area contributed by atoms with E-state index in [1.807, 2.05) is 0 Å². The van der Waals surface area contributed by atoms with Crippen molar-refractivity contribution in [1.82, 2.24) is 0 Å². The van der Waals surface area contributed by atoms with Gasteiger partial charge in [-0.15, -0.1) is 0 Å². The Morgan fingerprint density at radius 1 is 0.225 bits per heavy atom. The van der Waals surface area contributed by atoms with Crippen LogP contribution in [0.2, 0.25) is 0 Å². The molecule has 0 aliphatic carbocycles. The molecule has 0 radical (unpaired) electrons. The molecule has 3 heteroatoms. The molecule has 1 heterocycles. The fourth-order valence-electron chi connectivity index (χ4n) is 10.4. The van der Waals surface area contributed by atoms with Gasteiger partial charge in [-0.1, -0.05) is 194 Å². The Bertz CT molecular complexity index is 4040. The van der Waals surface area contributed by atoms with E-state index in [-0.39, 0.29) is 0 Å². The highest BCUT2D eigenvalue weighted by molar-refractivity contribution is 6.19. The molecule has 0 spiro atoms. The monoisotopic (exact) mass is 906 g/mol. The third kappa shape index (κ3) is 7.86. The fraction of sp³-hybridized carbons (Fsp3) is 0. The van der Waals surface area contributed by atoms with Gasteiger partial charge < -0.3 is 14.2 Å². The van der Waals surface area contributed by atoms with Crippen LogP contribution in [0, 0.1) is 0 Å². The second-order valence-corrected chi connectivity index (χ2v) is 18.1. The Labute approximate surface area is 413 Å². The predicted molar refractivity (Wildman–Crippen MR) is 300 cm³/mol. The van der Waals surface area contributed by atoms with Gasteiger partial charge in [0, 0.05) is 51.0 Å². The lowest BCUT2D eigenvalue weighted by atomic mass is 9.97. The van der Waals surface area contributed by atoms with Crippen molar-refractivity contribution in [1.29, 1.82) is 0 Å². The van der Waals surface area contributed by atoms with Crippen LogP contribution in [0.1, 0.15) is 0 Å². The predicted octanol–water partition coefficient (Wildman–Crippen LogP) is 19.5. The molecule has 0 unspecified atom stereocenters. The topological polar surface area (TPSA) is 19.6 Å². The molecule has 0 aliphatic heterocycles. The number of anilines is 6. The number of hydrogen-bond acceptors (Lipinski definition) is 3. The summed E-state index contributed by atoms with van der Waals surface area (Å²) < 4.78 is 6.65. The normalized spacial score (nSPS) is 11.4. The van der Waals surface area contributed by atoms with Crippen LogP contribution in [0.15, 0.2) is 283 Å². The van der Waals surface area contributed by atoms with E-state index in [1.165, 1.54) is 54.9 Å². The molecule has 1 aromatic heterocycles. The summed E-state index contributed by atoms with van der Waals surface area (Å²) in [5, 5.41) is 7.11. The molecule has 13 aromatic rings. The lowest BCUT2D eigenvalue weighted by Gasteiger charge is -2.27. The molecule has 0 aliphatic rings. The van der Waals surface area contributed by atoms with E-state index in [2.05, 4.69) is 289 Å². The Morgan fingerprint density at radius 2 is 0.648 bits per heavy atom. The van der Waals surface area contributed by atoms with Crippen LogP contribution in [0.4, 0.5) is 34.1 Å². The molecule has 13 rings (SSSR count). The number of nitrogens with zero attached hydrogens (tertiary/aromatic N) is 2. The molecule has 0 saturated carbocycles. The molecule has 0 saturated heterocycles. The van der Waals surface area contributed by atoms with Gasteiger partial charge in [0.05, 0.1) is 0 Å². The van der Waals surface area contributed by atoms with E-state index in [4.69, 9.17) is 4.42 Å². The Hall–Kier alpha value is -9.44. The lowest BCUT2D eigenvalue weighted by molar-refractivity contribution is 0.669. The van der Waals surface area contributed by atoms with E-state index in [0.29, 0.717) is 0 Å². The molecule has 3 nitrogen and oxygen atoms in total. The van der Waals surface area contributed by atoms with Gasteiger partial charge >= 0.3 is 0 Å². The zero-order valence-corrected chi connectivity index (χ0v) is 38.9. The highest BCUT2D eigenvalue weighted by atomic mass is 16.3. The van der Waals surface area contributed by atoms with E-state index in [9.17, 15) is 0 Å². The first-order chi connectivity index (χ1) is 35.2. The van der Waals surface area contributed by atoms with Crippen LogP contribution in [-0.4, -0.2) is 0 Å². The minimum atomic E-state index is 0.852. The second-order valence-electron chi connectivity index (χ2n) is 18.1. The minimum absolute atomic E-state index is 0.852. The van der Waals surface area contributed by atoms with Crippen molar-refractivity contribution in [2.24, 2.45) is 0 Å². The van der Waals surface area contributed by atoms with Crippen molar-refractivity contribution < 1.29 is 4.42 Å². The van der Waals surface area contributed by atoms with Crippen LogP contribution in [0.5, 0.6) is 0 Å². The average molecular weight is 907 g/mol. The fourth-order valence-corrected chi connectivity index (χ4v) is 10.4. The molecule has 0 fully saturated rings. The molecule has 12 aromatic carbocycles. The van der Waals surface area contributed by atoms with Crippen LogP contribution >= 0.6 is 0 Å². The third-order valence-corrected chi connectivity index (χ3v) is 13.8. The molecule has 71 heavy (non-hydrogen) atoms. The van der Waals surface area contributed by atoms with Gasteiger partial charge in [0.2, 0.25) is 0 Å². The highest BCUT2D eigenvalue weighted by Gasteiger charge is 2.20. The summed E-state index contributed by atoms with van der Waals surface area (Å²) in [7, 11) is 0. The molecule has 334 valence electrons. The van der Waals surface area contributed by atoms with Crippen LogP contribution < -0.4 is 9.80 Å². The first-order valence-electron chi connectivity index (χ1n) is 24.2. The van der Waals surface area contributed by atoms with Crippen LogP contribution in [0.25, 0.3) is 88.0 Å². The summed E-state index contributed by atoms with van der Waals surface area (Å²) in [4.78, 5) is 4.72. The maximum absolute atomic E-state index is 6.65. The first-order valence-corrected chi connectivity index (χ1v) is 24.2. The van der Waals surface area contributed by atoms with Crippen molar-refractivity contribution in [2.75, 3.05) is 9.80 Å². The van der Waals surface area contributed by atoms with Crippen LogP contribution in [-0.2, 0) is 0 Å². The van der Waals surface area contributed by atoms with Gasteiger partial charge in [0.1, 0.15) is 11.2 Å². The molecular weight excluding hydrogens is 861 g/mol.